The number of hydrogen-bond donors (Lipinski definition) is 2. The lowest BCUT2D eigenvalue weighted by Gasteiger charge is -2.16. The smallest absolute Gasteiger partial charge is 0.136 e. The first-order chi connectivity index (χ1) is 14.9. The maximum absolute atomic E-state index is 15.3. The average molecular weight is 414 g/mol. The van der Waals surface area contributed by atoms with E-state index in [1.807, 2.05) is 36.7 Å². The number of nitrogens with one attached hydrogen (secondary N) is 1. The predicted molar refractivity (Wildman–Crippen MR) is 121 cm³/mol. The topological polar surface area (TPSA) is 81.6 Å². The second kappa shape index (κ2) is 8.39. The summed E-state index contributed by atoms with van der Waals surface area (Å²) >= 11 is 0. The van der Waals surface area contributed by atoms with E-state index < -0.39 is 0 Å². The molecule has 0 aliphatic rings. The Morgan fingerprint density at radius 1 is 1.16 bits per heavy atom. The molecule has 31 heavy (non-hydrogen) atoms. The minimum absolute atomic E-state index is 0.224. The van der Waals surface area contributed by atoms with Crippen LogP contribution in [0.5, 0.6) is 0 Å². The van der Waals surface area contributed by atoms with Crippen molar-refractivity contribution in [1.29, 1.82) is 0 Å². The van der Waals surface area contributed by atoms with Gasteiger partial charge in [0, 0.05) is 64.8 Å². The van der Waals surface area contributed by atoms with Gasteiger partial charge in [-0.25, -0.2) is 14.4 Å². The summed E-state index contributed by atoms with van der Waals surface area (Å²) in [7, 11) is 0. The number of aromatic nitrogens is 4. The van der Waals surface area contributed by atoms with Crippen LogP contribution in [0.1, 0.15) is 16.8 Å². The van der Waals surface area contributed by atoms with E-state index in [2.05, 4.69) is 26.8 Å². The van der Waals surface area contributed by atoms with Crippen LogP contribution in [0.15, 0.2) is 73.7 Å². The van der Waals surface area contributed by atoms with Gasteiger partial charge in [-0.2, -0.15) is 0 Å². The van der Waals surface area contributed by atoms with Crippen molar-refractivity contribution >= 4 is 11.5 Å². The summed E-state index contributed by atoms with van der Waals surface area (Å²) in [6, 6.07) is 8.88. The molecule has 0 radical (unpaired) electrons. The number of pyridine rings is 2. The summed E-state index contributed by atoms with van der Waals surface area (Å²) in [5.74, 6) is 0.277. The van der Waals surface area contributed by atoms with Crippen LogP contribution in [0.25, 0.3) is 16.8 Å². The van der Waals surface area contributed by atoms with Crippen LogP contribution >= 0.6 is 0 Å². The molecular formula is C24H23FN6. The number of nitrogens with zero attached hydrogens (tertiary/aromatic N) is 4. The maximum Gasteiger partial charge on any atom is 0.136 e. The lowest BCUT2D eigenvalue weighted by Crippen LogP contribution is -2.09. The van der Waals surface area contributed by atoms with Gasteiger partial charge in [-0.15, -0.1) is 0 Å². The Balaban J connectivity index is 1.59. The van der Waals surface area contributed by atoms with Crippen LogP contribution in [0.2, 0.25) is 0 Å². The number of benzene rings is 1. The van der Waals surface area contributed by atoms with E-state index in [4.69, 9.17) is 5.73 Å². The third-order valence-electron chi connectivity index (χ3n) is 5.10. The lowest BCUT2D eigenvalue weighted by atomic mass is 9.99. The van der Waals surface area contributed by atoms with E-state index in [1.54, 1.807) is 43.1 Å². The standard InChI is InChI=1S/C24H23FN6/c1-15(30-24-17(3)22(8-10-28-24)31-13-16(2)29-14-31)11-20-21(26)7-6-19(23(20)25)18-5-4-9-27-12-18/h4-10,12-14H,1,11,26H2,2-3H3,(H,28,30). The molecule has 0 bridgehead atoms. The van der Waals surface area contributed by atoms with Gasteiger partial charge in [0.05, 0.1) is 17.7 Å². The highest BCUT2D eigenvalue weighted by Gasteiger charge is 2.16. The molecule has 6 nitrogen and oxygen atoms in total. The quantitative estimate of drug-likeness (QED) is 0.442. The van der Waals surface area contributed by atoms with Crippen molar-refractivity contribution in [3.63, 3.8) is 0 Å². The van der Waals surface area contributed by atoms with Crippen molar-refractivity contribution in [2.45, 2.75) is 20.3 Å². The molecule has 7 heteroatoms. The number of anilines is 2. The minimum Gasteiger partial charge on any atom is -0.398 e. The molecule has 0 saturated heterocycles. The molecule has 0 unspecified atom stereocenters. The third-order valence-corrected chi connectivity index (χ3v) is 5.10. The molecule has 0 amide bonds. The van der Waals surface area contributed by atoms with Crippen molar-refractivity contribution in [3.05, 3.63) is 96.4 Å². The summed E-state index contributed by atoms with van der Waals surface area (Å²) in [5, 5.41) is 3.22. The summed E-state index contributed by atoms with van der Waals surface area (Å²) < 4.78 is 17.2. The van der Waals surface area contributed by atoms with E-state index in [-0.39, 0.29) is 12.2 Å². The number of hydrogen-bond acceptors (Lipinski definition) is 5. The summed E-state index contributed by atoms with van der Waals surface area (Å²) in [6.45, 7) is 7.97. The Kier molecular flexibility index (Phi) is 5.49. The molecule has 3 aromatic heterocycles. The van der Waals surface area contributed by atoms with Crippen LogP contribution in [0.4, 0.5) is 15.9 Å². The van der Waals surface area contributed by atoms with Crippen LogP contribution < -0.4 is 11.1 Å². The molecule has 4 rings (SSSR count). The highest BCUT2D eigenvalue weighted by Crippen LogP contribution is 2.30. The predicted octanol–water partition coefficient (Wildman–Crippen LogP) is 4.84. The van der Waals surface area contributed by atoms with Gasteiger partial charge in [0.25, 0.3) is 0 Å². The largest absolute Gasteiger partial charge is 0.398 e. The Bertz CT molecular complexity index is 1250. The third kappa shape index (κ3) is 4.16. The fourth-order valence-corrected chi connectivity index (χ4v) is 3.47. The number of allylic oxidation sites excluding steroid dienone is 1. The second-order valence-electron chi connectivity index (χ2n) is 7.37. The number of rotatable bonds is 6. The molecule has 0 atom stereocenters. The van der Waals surface area contributed by atoms with Crippen LogP contribution in [0.3, 0.4) is 0 Å². The number of nitrogen functional groups attached to an aromatic ring is 1. The molecule has 0 spiro atoms. The Labute approximate surface area is 180 Å². The van der Waals surface area contributed by atoms with E-state index >= 15 is 4.39 Å². The first-order valence-electron chi connectivity index (χ1n) is 9.82. The van der Waals surface area contributed by atoms with E-state index in [9.17, 15) is 0 Å². The average Bonchev–Trinajstić information content (AvgIpc) is 3.19. The fraction of sp³-hybridized carbons (Fsp3) is 0.125. The number of halogens is 1. The molecule has 0 aliphatic carbocycles. The van der Waals surface area contributed by atoms with Gasteiger partial charge in [0.1, 0.15) is 11.6 Å². The summed E-state index contributed by atoms with van der Waals surface area (Å²) in [5.41, 5.74) is 11.4. The number of nitrogens with two attached hydrogens (primary N) is 1. The zero-order valence-corrected chi connectivity index (χ0v) is 17.4. The second-order valence-corrected chi connectivity index (χ2v) is 7.37. The molecule has 3 heterocycles. The monoisotopic (exact) mass is 414 g/mol. The zero-order chi connectivity index (χ0) is 22.0. The van der Waals surface area contributed by atoms with Gasteiger partial charge in [0.15, 0.2) is 0 Å². The number of aryl methyl sites for hydroxylation is 1. The number of imidazole rings is 1. The van der Waals surface area contributed by atoms with Crippen LogP contribution in [-0.2, 0) is 6.42 Å². The van der Waals surface area contributed by atoms with E-state index in [0.717, 1.165) is 16.9 Å². The van der Waals surface area contributed by atoms with Gasteiger partial charge in [-0.05, 0) is 38.1 Å². The lowest BCUT2D eigenvalue weighted by molar-refractivity contribution is 0.618. The Hall–Kier alpha value is -4.00. The van der Waals surface area contributed by atoms with E-state index in [1.165, 1.54) is 0 Å². The highest BCUT2D eigenvalue weighted by molar-refractivity contribution is 5.69. The molecule has 0 aliphatic heterocycles. The highest BCUT2D eigenvalue weighted by atomic mass is 19.1. The van der Waals surface area contributed by atoms with Gasteiger partial charge >= 0.3 is 0 Å². The Morgan fingerprint density at radius 3 is 2.71 bits per heavy atom. The normalized spacial score (nSPS) is 10.8. The zero-order valence-electron chi connectivity index (χ0n) is 17.4. The molecule has 1 aromatic carbocycles. The van der Waals surface area contributed by atoms with Crippen LogP contribution in [0, 0.1) is 19.7 Å². The van der Waals surface area contributed by atoms with Gasteiger partial charge in [0.2, 0.25) is 0 Å². The van der Waals surface area contributed by atoms with Crippen molar-refractivity contribution in [2.75, 3.05) is 11.1 Å². The molecule has 3 N–H and O–H groups in total. The SMILES string of the molecule is C=C(Cc1c(N)ccc(-c2cccnc2)c1F)Nc1nccc(-n2cnc(C)c2)c1C. The summed E-state index contributed by atoms with van der Waals surface area (Å²) in [6.07, 6.45) is 8.92. The van der Waals surface area contributed by atoms with Crippen molar-refractivity contribution in [3.8, 4) is 16.8 Å². The minimum atomic E-state index is -0.372. The van der Waals surface area contributed by atoms with Crippen molar-refractivity contribution in [2.24, 2.45) is 0 Å². The van der Waals surface area contributed by atoms with Gasteiger partial charge in [-0.3, -0.25) is 4.98 Å². The molecule has 4 aromatic rings. The van der Waals surface area contributed by atoms with E-state index in [0.29, 0.717) is 33.9 Å². The fourth-order valence-electron chi connectivity index (χ4n) is 3.47. The van der Waals surface area contributed by atoms with Crippen molar-refractivity contribution < 1.29 is 4.39 Å². The first-order valence-corrected chi connectivity index (χ1v) is 9.82. The first kappa shape index (κ1) is 20.3. The van der Waals surface area contributed by atoms with Gasteiger partial charge in [-0.1, -0.05) is 12.6 Å². The van der Waals surface area contributed by atoms with Crippen LogP contribution in [-0.4, -0.2) is 19.5 Å². The molecule has 0 saturated carbocycles. The van der Waals surface area contributed by atoms with Gasteiger partial charge < -0.3 is 15.6 Å². The van der Waals surface area contributed by atoms with Crippen molar-refractivity contribution in [1.82, 2.24) is 19.5 Å². The Morgan fingerprint density at radius 2 is 2.00 bits per heavy atom. The summed E-state index contributed by atoms with van der Waals surface area (Å²) in [4.78, 5) is 12.8. The molecule has 0 fully saturated rings. The molecular weight excluding hydrogens is 391 g/mol. The molecule has 156 valence electrons. The maximum atomic E-state index is 15.3.